The third-order valence-corrected chi connectivity index (χ3v) is 33.9. The van der Waals surface area contributed by atoms with Crippen molar-refractivity contribution in [1.82, 2.24) is 0 Å². The number of benzene rings is 12. The molecule has 562 valence electrons. The maximum absolute atomic E-state index is 7.38. The zero-order chi connectivity index (χ0) is 75.7. The van der Waals surface area contributed by atoms with E-state index in [1.807, 2.05) is 0 Å². The molecule has 0 saturated heterocycles. The molecule has 8 fully saturated rings. The van der Waals surface area contributed by atoms with E-state index < -0.39 is 0 Å². The second-order valence-electron chi connectivity index (χ2n) is 40.2. The van der Waals surface area contributed by atoms with Crippen molar-refractivity contribution in [3.05, 3.63) is 299 Å². The highest BCUT2D eigenvalue weighted by Crippen LogP contribution is 2.91. The highest BCUT2D eigenvalue weighted by atomic mass is 16.5. The van der Waals surface area contributed by atoms with E-state index in [2.05, 4.69) is 307 Å². The number of para-hydroxylation sites is 3. The van der Waals surface area contributed by atoms with Gasteiger partial charge in [0.2, 0.25) is 0 Å². The number of furan rings is 2. The molecule has 2 aliphatic heterocycles. The maximum Gasteiger partial charge on any atom is 0.137 e. The number of hydrogen-bond acceptors (Lipinski definition) is 6. The van der Waals surface area contributed by atoms with Gasteiger partial charge < -0.3 is 28.1 Å². The second-order valence-corrected chi connectivity index (χ2v) is 40.2. The Morgan fingerprint density at radius 3 is 1.46 bits per heavy atom. The van der Waals surface area contributed by atoms with E-state index in [-0.39, 0.29) is 32.5 Å². The van der Waals surface area contributed by atoms with Crippen LogP contribution in [0.3, 0.4) is 0 Å². The normalized spacial score (nSPS) is 29.9. The van der Waals surface area contributed by atoms with Crippen LogP contribution in [0.1, 0.15) is 176 Å². The lowest BCUT2D eigenvalue weighted by atomic mass is 9.26. The molecule has 14 aromatic rings. The molecule has 6 nitrogen and oxygen atoms in total. The van der Waals surface area contributed by atoms with Crippen LogP contribution in [-0.2, 0) is 38.9 Å². The van der Waals surface area contributed by atoms with Gasteiger partial charge >= 0.3 is 0 Å². The fourth-order valence-corrected chi connectivity index (χ4v) is 29.3. The van der Waals surface area contributed by atoms with Crippen LogP contribution in [0, 0.1) is 58.2 Å². The molecule has 13 unspecified atom stereocenters. The van der Waals surface area contributed by atoms with Crippen molar-refractivity contribution in [3.63, 3.8) is 0 Å². The van der Waals surface area contributed by atoms with Crippen molar-refractivity contribution in [3.8, 4) is 45.3 Å². The minimum absolute atomic E-state index is 0.0197. The van der Waals surface area contributed by atoms with Crippen LogP contribution in [-0.4, -0.2) is 0 Å². The van der Waals surface area contributed by atoms with Gasteiger partial charge in [-0.1, -0.05) is 182 Å². The monoisotopic (exact) mass is 1480 g/mol. The molecule has 114 heavy (non-hydrogen) atoms. The van der Waals surface area contributed by atoms with Gasteiger partial charge in [0, 0.05) is 66.3 Å². The fraction of sp³-hybridized carbons (Fsp3) is 0.333. The van der Waals surface area contributed by atoms with Crippen LogP contribution in [0.4, 0.5) is 34.1 Å². The first-order valence-electron chi connectivity index (χ1n) is 43.2. The molecule has 6 heteroatoms. The lowest BCUT2D eigenvalue weighted by Gasteiger charge is -2.77. The van der Waals surface area contributed by atoms with Gasteiger partial charge in [-0.2, -0.15) is 0 Å². The summed E-state index contributed by atoms with van der Waals surface area (Å²) in [6.45, 7) is 17.4. The minimum Gasteiger partial charge on any atom is -0.457 e. The Labute approximate surface area is 668 Å². The first-order chi connectivity index (χ1) is 55.4. The number of nitrogens with zero attached hydrogens (tertiary/aromatic N) is 2. The van der Waals surface area contributed by atoms with Gasteiger partial charge in [-0.05, 0) is 329 Å². The predicted octanol–water partition coefficient (Wildman–Crippen LogP) is 28.6. The first-order valence-corrected chi connectivity index (χ1v) is 43.2. The summed E-state index contributed by atoms with van der Waals surface area (Å²) in [5.74, 6) is 10.3. The highest BCUT2D eigenvalue weighted by molar-refractivity contribution is 6.14. The Bertz CT molecular complexity index is 6550. The van der Waals surface area contributed by atoms with E-state index in [4.69, 9.17) is 18.3 Å². The zero-order valence-corrected chi connectivity index (χ0v) is 66.5. The highest BCUT2D eigenvalue weighted by Gasteiger charge is 2.86. The molecule has 0 N–H and O–H groups in total. The SMILES string of the molecule is CC1(C)CCC(C)(C)c2c(N(c3ccc(-c4ccc5c(c4)C4(c6cc(CC7(C)CCC(C)(C)c8c(N(c9ccc(-c%10ccc%11c(c%10)C%10(c%12ccccc%12O%11)C%11CC%12CC%13CC%10C%13%11C%12)cc9)c9ccc%10oc%11ccccc%11c%10c9)cccc87)ccc6O5)C5CC6CC7CC4C75C6)cc3)c3cccc4oc5ccccc5c34)cccc21. The molecule has 12 aromatic carbocycles. The average Bonchev–Trinajstić information content (AvgIpc) is 1.38. The lowest BCUT2D eigenvalue weighted by Crippen LogP contribution is -2.74. The van der Waals surface area contributed by atoms with Gasteiger partial charge in [0.25, 0.3) is 0 Å². The van der Waals surface area contributed by atoms with Crippen molar-refractivity contribution < 1.29 is 18.3 Å². The van der Waals surface area contributed by atoms with Crippen molar-refractivity contribution in [2.45, 2.75) is 164 Å². The third-order valence-electron chi connectivity index (χ3n) is 33.9. The van der Waals surface area contributed by atoms with E-state index in [0.29, 0.717) is 34.5 Å². The number of ether oxygens (including phenoxy) is 2. The Hall–Kier alpha value is -10.6. The van der Waals surface area contributed by atoms with E-state index >= 15 is 0 Å². The fourth-order valence-electron chi connectivity index (χ4n) is 29.3. The minimum atomic E-state index is -0.169. The summed E-state index contributed by atoms with van der Waals surface area (Å²) in [5, 5.41) is 4.54. The van der Waals surface area contributed by atoms with Gasteiger partial charge in [-0.15, -0.1) is 0 Å². The van der Waals surface area contributed by atoms with E-state index in [1.165, 1.54) is 135 Å². The molecular formula is C108H96N2O4. The van der Waals surface area contributed by atoms with Crippen molar-refractivity contribution in [1.29, 1.82) is 0 Å². The van der Waals surface area contributed by atoms with Gasteiger partial charge in [-0.3, -0.25) is 0 Å². The summed E-state index contributed by atoms with van der Waals surface area (Å²) in [7, 11) is 0. The largest absolute Gasteiger partial charge is 0.457 e. The van der Waals surface area contributed by atoms with Crippen LogP contribution in [0.15, 0.2) is 258 Å². The van der Waals surface area contributed by atoms with Gasteiger partial charge in [-0.25, -0.2) is 0 Å². The van der Waals surface area contributed by atoms with Crippen LogP contribution in [0.5, 0.6) is 23.0 Å². The third kappa shape index (κ3) is 8.19. The Morgan fingerprint density at radius 2 is 0.789 bits per heavy atom. The number of fused-ring (bicyclic) bond motifs is 22. The smallest absolute Gasteiger partial charge is 0.137 e. The molecule has 4 bridgehead atoms. The van der Waals surface area contributed by atoms with Crippen LogP contribution in [0.2, 0.25) is 0 Å². The quantitative estimate of drug-likeness (QED) is 0.136. The average molecular weight is 1490 g/mol. The number of anilines is 6. The van der Waals surface area contributed by atoms with Crippen LogP contribution >= 0.6 is 0 Å². The van der Waals surface area contributed by atoms with Crippen molar-refractivity contribution in [2.24, 2.45) is 58.2 Å². The van der Waals surface area contributed by atoms with E-state index in [1.54, 1.807) is 0 Å². The molecule has 4 spiro atoms. The molecule has 4 heterocycles. The molecule has 10 aliphatic carbocycles. The van der Waals surface area contributed by atoms with E-state index in [0.717, 1.165) is 145 Å². The zero-order valence-electron chi connectivity index (χ0n) is 66.5. The summed E-state index contributed by atoms with van der Waals surface area (Å²) in [6.07, 6.45) is 16.4. The summed E-state index contributed by atoms with van der Waals surface area (Å²) in [6, 6.07) is 95.3. The van der Waals surface area contributed by atoms with Crippen molar-refractivity contribution in [2.75, 3.05) is 9.80 Å². The topological polar surface area (TPSA) is 51.2 Å². The summed E-state index contributed by atoms with van der Waals surface area (Å²) in [4.78, 5) is 5.14. The molecule has 2 aromatic heterocycles. The predicted molar refractivity (Wildman–Crippen MR) is 461 cm³/mol. The summed E-state index contributed by atoms with van der Waals surface area (Å²) in [5.41, 5.74) is 29.2. The summed E-state index contributed by atoms with van der Waals surface area (Å²) < 4.78 is 27.5. The summed E-state index contributed by atoms with van der Waals surface area (Å²) >= 11 is 0. The lowest BCUT2D eigenvalue weighted by molar-refractivity contribution is -0.235. The molecule has 0 amide bonds. The van der Waals surface area contributed by atoms with Gasteiger partial charge in [0.1, 0.15) is 45.3 Å². The molecule has 26 rings (SSSR count). The van der Waals surface area contributed by atoms with Gasteiger partial charge in [0.05, 0.1) is 22.4 Å². The van der Waals surface area contributed by atoms with Crippen LogP contribution < -0.4 is 19.3 Å². The van der Waals surface area contributed by atoms with Gasteiger partial charge in [0.15, 0.2) is 0 Å². The molecule has 13 atom stereocenters. The maximum atomic E-state index is 7.38. The number of rotatable bonds is 10. The van der Waals surface area contributed by atoms with E-state index in [9.17, 15) is 0 Å². The molecule has 8 saturated carbocycles. The Balaban J connectivity index is 0.569. The first kappa shape index (κ1) is 65.8. The number of hydrogen-bond donors (Lipinski definition) is 0. The molecule has 12 aliphatic rings. The standard InChI is InChI=1S/C108H96N2O4/c1-101(2)45-46-102(3,4)99-78(101)20-14-24-85(99)110(83-22-16-28-93-98(83)75-18-9-12-26-87(75)112-93)72-38-32-66(33-39-72)68-35-43-92-82(55-68)108(95-53-64-50-70-57-97(108)106(70,95)61-64)80-51-62(29-41-90(80)114-92)59-104(7)48-47-103(5,6)100-79(104)21-15-23-84(100)109(73-40-44-88-76(58-73)74-17-8-11-25-86(74)111-88)71-36-30-65(31-37-71)67-34-42-91-81(54-67)107(77-19-10-13-27-89(77)113-91)94-52-63-49-69-56-96(107)105(69,94)60-63/h8-44,51,54-55,58,63-64,69-70,94-97H,45-50,52-53,56-57,59-61H2,1-7H3. The second kappa shape index (κ2) is 22.1. The van der Waals surface area contributed by atoms with Crippen molar-refractivity contribution >= 4 is 78.0 Å². The molecule has 0 radical (unpaired) electrons. The Morgan fingerprint density at radius 1 is 0.325 bits per heavy atom. The Kier molecular flexibility index (Phi) is 12.8. The molecular weight excluding hydrogens is 1390 g/mol. The van der Waals surface area contributed by atoms with Crippen LogP contribution in [0.25, 0.3) is 66.1 Å².